The van der Waals surface area contributed by atoms with E-state index in [1.165, 1.54) is 51.7 Å². The minimum Gasteiger partial charge on any atom is -0.379 e. The number of likely N-dealkylation sites (tertiary alicyclic amines) is 1. The van der Waals surface area contributed by atoms with Gasteiger partial charge in [0.25, 0.3) is 0 Å². The lowest BCUT2D eigenvalue weighted by atomic mass is 10.0. The smallest absolute Gasteiger partial charge is 0.0518 e. The van der Waals surface area contributed by atoms with Gasteiger partial charge in [0, 0.05) is 18.7 Å². The molecular weight excluding hydrogens is 236 g/mol. The number of nitrogens with one attached hydrogen (secondary N) is 1. The van der Waals surface area contributed by atoms with E-state index in [1.807, 2.05) is 0 Å². The summed E-state index contributed by atoms with van der Waals surface area (Å²) in [6, 6.07) is 1.37. The third-order valence-electron chi connectivity index (χ3n) is 3.73. The van der Waals surface area contributed by atoms with Crippen molar-refractivity contribution in [2.45, 2.75) is 78.0 Å². The fourth-order valence-electron chi connectivity index (χ4n) is 2.73. The van der Waals surface area contributed by atoms with Gasteiger partial charge in [0.05, 0.1) is 6.10 Å². The quantitative estimate of drug-likeness (QED) is 0.652. The van der Waals surface area contributed by atoms with Crippen molar-refractivity contribution < 1.29 is 4.74 Å². The number of ether oxygens (including phenoxy) is 1. The van der Waals surface area contributed by atoms with Gasteiger partial charge >= 0.3 is 0 Å². The van der Waals surface area contributed by atoms with Gasteiger partial charge < -0.3 is 15.0 Å². The molecule has 0 atom stereocenters. The number of hydrogen-bond acceptors (Lipinski definition) is 3. The molecule has 0 aliphatic carbocycles. The normalized spacial score (nSPS) is 18.6. The van der Waals surface area contributed by atoms with Crippen LogP contribution in [0, 0.1) is 0 Å². The molecule has 1 aliphatic heterocycles. The van der Waals surface area contributed by atoms with E-state index in [-0.39, 0.29) is 0 Å². The van der Waals surface area contributed by atoms with Gasteiger partial charge in [-0.25, -0.2) is 0 Å². The summed E-state index contributed by atoms with van der Waals surface area (Å²) in [4.78, 5) is 2.63. The molecule has 3 nitrogen and oxygen atoms in total. The Labute approximate surface area is 120 Å². The van der Waals surface area contributed by atoms with Gasteiger partial charge in [0.2, 0.25) is 0 Å². The molecule has 0 saturated carbocycles. The molecule has 0 spiro atoms. The molecule has 1 N–H and O–H groups in total. The molecule has 1 fully saturated rings. The molecule has 3 heteroatoms. The molecule has 0 bridgehead atoms. The van der Waals surface area contributed by atoms with E-state index in [0.29, 0.717) is 12.1 Å². The van der Waals surface area contributed by atoms with Crippen molar-refractivity contribution in [3.63, 3.8) is 0 Å². The molecular formula is C16H34N2O. The van der Waals surface area contributed by atoms with Crippen LogP contribution < -0.4 is 5.32 Å². The van der Waals surface area contributed by atoms with E-state index in [9.17, 15) is 0 Å². The van der Waals surface area contributed by atoms with Crippen molar-refractivity contribution in [1.29, 1.82) is 0 Å². The van der Waals surface area contributed by atoms with Crippen LogP contribution in [0.1, 0.15) is 59.8 Å². The zero-order chi connectivity index (χ0) is 14.1. The Morgan fingerprint density at radius 2 is 1.74 bits per heavy atom. The first kappa shape index (κ1) is 16.9. The van der Waals surface area contributed by atoms with Crippen molar-refractivity contribution in [2.75, 3.05) is 26.2 Å². The van der Waals surface area contributed by atoms with Crippen LogP contribution >= 0.6 is 0 Å². The van der Waals surface area contributed by atoms with Crippen LogP contribution in [0.15, 0.2) is 0 Å². The summed E-state index contributed by atoms with van der Waals surface area (Å²) in [6.07, 6.45) is 6.85. The molecule has 19 heavy (non-hydrogen) atoms. The van der Waals surface area contributed by atoms with Crippen molar-refractivity contribution in [1.82, 2.24) is 10.2 Å². The summed E-state index contributed by atoms with van der Waals surface area (Å²) in [5.41, 5.74) is 0. The molecule has 114 valence electrons. The Kier molecular flexibility index (Phi) is 8.67. The highest BCUT2D eigenvalue weighted by Crippen LogP contribution is 2.12. The van der Waals surface area contributed by atoms with Gasteiger partial charge in [-0.2, -0.15) is 0 Å². The van der Waals surface area contributed by atoms with E-state index in [2.05, 4.69) is 37.9 Å². The lowest BCUT2D eigenvalue weighted by Gasteiger charge is -2.33. The molecule has 0 amide bonds. The number of piperidine rings is 1. The molecule has 1 aliphatic rings. The molecule has 1 heterocycles. The first-order valence-electron chi connectivity index (χ1n) is 8.18. The zero-order valence-electron chi connectivity index (χ0n) is 13.5. The monoisotopic (exact) mass is 270 g/mol. The number of rotatable bonds is 9. The summed E-state index contributed by atoms with van der Waals surface area (Å²) in [7, 11) is 0. The fraction of sp³-hybridized carbons (Fsp3) is 1.00. The highest BCUT2D eigenvalue weighted by molar-refractivity contribution is 4.78. The highest BCUT2D eigenvalue weighted by Gasteiger charge is 2.18. The SMILES string of the molecule is CC(C)NC1CCN(CCCCCOC(C)C)CC1. The van der Waals surface area contributed by atoms with Gasteiger partial charge in [-0.3, -0.25) is 0 Å². The van der Waals surface area contributed by atoms with Crippen molar-refractivity contribution >= 4 is 0 Å². The Bertz CT molecular complexity index is 211. The number of hydrogen-bond donors (Lipinski definition) is 1. The average molecular weight is 270 g/mol. The van der Waals surface area contributed by atoms with Crippen molar-refractivity contribution in [2.24, 2.45) is 0 Å². The van der Waals surface area contributed by atoms with Crippen LogP contribution in [-0.4, -0.2) is 49.3 Å². The topological polar surface area (TPSA) is 24.5 Å². The van der Waals surface area contributed by atoms with E-state index in [1.54, 1.807) is 0 Å². The van der Waals surface area contributed by atoms with Gasteiger partial charge in [-0.1, -0.05) is 13.8 Å². The second kappa shape index (κ2) is 9.73. The zero-order valence-corrected chi connectivity index (χ0v) is 13.5. The molecule has 1 rings (SSSR count). The summed E-state index contributed by atoms with van der Waals surface area (Å²) in [5.74, 6) is 0. The van der Waals surface area contributed by atoms with Crippen LogP contribution in [0.5, 0.6) is 0 Å². The second-order valence-electron chi connectivity index (χ2n) is 6.42. The van der Waals surface area contributed by atoms with Crippen LogP contribution in [0.25, 0.3) is 0 Å². The average Bonchev–Trinajstić information content (AvgIpc) is 2.34. The maximum atomic E-state index is 5.56. The first-order chi connectivity index (χ1) is 9.08. The van der Waals surface area contributed by atoms with E-state index in [0.717, 1.165) is 12.6 Å². The number of unbranched alkanes of at least 4 members (excludes halogenated alkanes) is 2. The Morgan fingerprint density at radius 1 is 1.05 bits per heavy atom. The van der Waals surface area contributed by atoms with Crippen LogP contribution in [0.2, 0.25) is 0 Å². The maximum absolute atomic E-state index is 5.56. The van der Waals surface area contributed by atoms with Gasteiger partial charge in [0.15, 0.2) is 0 Å². The Balaban J connectivity index is 1.95. The summed E-state index contributed by atoms with van der Waals surface area (Å²) in [5, 5.41) is 3.65. The third kappa shape index (κ3) is 8.61. The Hall–Kier alpha value is -0.120. The van der Waals surface area contributed by atoms with Gasteiger partial charge in [-0.05, 0) is 65.6 Å². The maximum Gasteiger partial charge on any atom is 0.0518 e. The van der Waals surface area contributed by atoms with Crippen LogP contribution in [0.4, 0.5) is 0 Å². The standard InChI is InChI=1S/C16H34N2O/c1-14(2)17-16-8-11-18(12-9-16)10-6-5-7-13-19-15(3)4/h14-17H,5-13H2,1-4H3. The number of nitrogens with zero attached hydrogens (tertiary/aromatic N) is 1. The van der Waals surface area contributed by atoms with Gasteiger partial charge in [0.1, 0.15) is 0 Å². The first-order valence-corrected chi connectivity index (χ1v) is 8.18. The lowest BCUT2D eigenvalue weighted by molar-refractivity contribution is 0.0750. The molecule has 1 saturated heterocycles. The van der Waals surface area contributed by atoms with Crippen LogP contribution in [-0.2, 0) is 4.74 Å². The van der Waals surface area contributed by atoms with Crippen molar-refractivity contribution in [3.8, 4) is 0 Å². The third-order valence-corrected chi connectivity index (χ3v) is 3.73. The summed E-state index contributed by atoms with van der Waals surface area (Å²) >= 11 is 0. The summed E-state index contributed by atoms with van der Waals surface area (Å²) < 4.78 is 5.56. The van der Waals surface area contributed by atoms with E-state index >= 15 is 0 Å². The predicted octanol–water partition coefficient (Wildman–Crippen LogP) is 3.04. The second-order valence-corrected chi connectivity index (χ2v) is 6.42. The minimum atomic E-state index is 0.382. The van der Waals surface area contributed by atoms with Gasteiger partial charge in [-0.15, -0.1) is 0 Å². The minimum absolute atomic E-state index is 0.382. The highest BCUT2D eigenvalue weighted by atomic mass is 16.5. The molecule has 0 radical (unpaired) electrons. The molecule has 0 aromatic heterocycles. The molecule has 0 aromatic rings. The predicted molar refractivity (Wildman–Crippen MR) is 82.7 cm³/mol. The lowest BCUT2D eigenvalue weighted by Crippen LogP contribution is -2.44. The summed E-state index contributed by atoms with van der Waals surface area (Å²) in [6.45, 7) is 13.4. The van der Waals surface area contributed by atoms with E-state index in [4.69, 9.17) is 4.74 Å². The molecule has 0 unspecified atom stereocenters. The van der Waals surface area contributed by atoms with Crippen LogP contribution in [0.3, 0.4) is 0 Å². The van der Waals surface area contributed by atoms with Crippen molar-refractivity contribution in [3.05, 3.63) is 0 Å². The fourth-order valence-corrected chi connectivity index (χ4v) is 2.73. The largest absolute Gasteiger partial charge is 0.379 e. The van der Waals surface area contributed by atoms with E-state index < -0.39 is 0 Å². The Morgan fingerprint density at radius 3 is 2.32 bits per heavy atom. The molecule has 0 aromatic carbocycles.